The summed E-state index contributed by atoms with van der Waals surface area (Å²) in [5.74, 6) is -1.35. The van der Waals surface area contributed by atoms with Gasteiger partial charge in [0, 0.05) is 17.6 Å². The summed E-state index contributed by atoms with van der Waals surface area (Å²) in [6, 6.07) is 2.39. The maximum Gasteiger partial charge on any atom is 0.329 e. The minimum atomic E-state index is -1.03. The van der Waals surface area contributed by atoms with Gasteiger partial charge in [0.2, 0.25) is 5.91 Å². The number of esters is 1. The molecular formula is C27H36N4O6S2. The molecule has 2 rings (SSSR count). The Bertz CT molecular complexity index is 1140. The molecule has 0 saturated heterocycles. The number of cyclic esters (lactones) is 1. The van der Waals surface area contributed by atoms with Crippen LogP contribution in [-0.4, -0.2) is 57.4 Å². The van der Waals surface area contributed by atoms with Crippen LogP contribution in [0.25, 0.3) is 0 Å². The highest BCUT2D eigenvalue weighted by molar-refractivity contribution is 8.13. The SMILES string of the molecule is C/C=C1\NC(=O)c2cc(SCC)cc(n2)CNC(=O)C[C@@H](/C=C/CCSC(C)=O)OC(=O)[C@H](C(C)C)NC1=O. The predicted octanol–water partition coefficient (Wildman–Crippen LogP) is 3.13. The van der Waals surface area contributed by atoms with E-state index in [2.05, 4.69) is 20.9 Å². The third-order valence-electron chi connectivity index (χ3n) is 5.45. The fourth-order valence-corrected chi connectivity index (χ4v) is 4.80. The van der Waals surface area contributed by atoms with Gasteiger partial charge in [0.15, 0.2) is 5.12 Å². The minimum Gasteiger partial charge on any atom is -0.456 e. The number of fused-ring (bicyclic) bond motifs is 2. The Labute approximate surface area is 237 Å². The quantitative estimate of drug-likeness (QED) is 0.147. The molecule has 2 atom stereocenters. The summed E-state index contributed by atoms with van der Waals surface area (Å²) in [5, 5.41) is 8.01. The molecule has 0 aliphatic carbocycles. The van der Waals surface area contributed by atoms with E-state index < -0.39 is 29.9 Å². The molecule has 2 heterocycles. The lowest BCUT2D eigenvalue weighted by atomic mass is 10.0. The smallest absolute Gasteiger partial charge is 0.329 e. The lowest BCUT2D eigenvalue weighted by Crippen LogP contribution is -2.48. The van der Waals surface area contributed by atoms with E-state index in [1.807, 2.05) is 6.92 Å². The first-order chi connectivity index (χ1) is 18.5. The number of thioether (sulfide) groups is 2. The second-order valence-corrected chi connectivity index (χ2v) is 11.6. The van der Waals surface area contributed by atoms with E-state index in [4.69, 9.17) is 4.74 Å². The number of ether oxygens (including phenoxy) is 1. The summed E-state index contributed by atoms with van der Waals surface area (Å²) in [7, 11) is 0. The number of allylic oxidation sites excluding steroid dienone is 2. The molecule has 1 aliphatic rings. The predicted molar refractivity (Wildman–Crippen MR) is 152 cm³/mol. The van der Waals surface area contributed by atoms with Gasteiger partial charge in [0.05, 0.1) is 18.7 Å². The molecule has 0 aromatic carbocycles. The van der Waals surface area contributed by atoms with Crippen LogP contribution in [0, 0.1) is 5.92 Å². The zero-order chi connectivity index (χ0) is 28.9. The molecule has 0 saturated carbocycles. The molecule has 3 N–H and O–H groups in total. The first-order valence-electron chi connectivity index (χ1n) is 12.7. The van der Waals surface area contributed by atoms with Crippen LogP contribution in [-0.2, 0) is 30.5 Å². The molecule has 0 spiro atoms. The van der Waals surface area contributed by atoms with Crippen molar-refractivity contribution in [2.24, 2.45) is 5.92 Å². The van der Waals surface area contributed by atoms with Gasteiger partial charge in [-0.2, -0.15) is 0 Å². The number of aromatic nitrogens is 1. The maximum atomic E-state index is 13.1. The molecule has 0 fully saturated rings. The van der Waals surface area contributed by atoms with Gasteiger partial charge in [-0.1, -0.05) is 44.7 Å². The summed E-state index contributed by atoms with van der Waals surface area (Å²) in [6.07, 6.45) is 4.32. The summed E-state index contributed by atoms with van der Waals surface area (Å²) in [5.41, 5.74) is 0.534. The fourth-order valence-electron chi connectivity index (χ4n) is 3.51. The van der Waals surface area contributed by atoms with Gasteiger partial charge >= 0.3 is 5.97 Å². The van der Waals surface area contributed by atoms with E-state index in [1.165, 1.54) is 36.5 Å². The Morgan fingerprint density at radius 1 is 1.21 bits per heavy atom. The van der Waals surface area contributed by atoms with Crippen molar-refractivity contribution in [3.63, 3.8) is 0 Å². The number of nitrogens with one attached hydrogen (secondary N) is 3. The van der Waals surface area contributed by atoms with E-state index in [0.717, 1.165) is 10.6 Å². The largest absolute Gasteiger partial charge is 0.456 e. The lowest BCUT2D eigenvalue weighted by Gasteiger charge is -2.24. The standard InChI is InChI=1S/C27H36N4O6S2/c1-6-21-25(34)31-24(16(3)4)27(36)37-19(10-8-9-11-39-17(5)32)13-23(33)28-15-18-12-20(38-7-2)14-22(29-18)26(35)30-21/h6,8,10,12,14,16,19,24H,7,9,11,13,15H2,1-5H3,(H,28,33)(H,30,35)(H,31,34)/b10-8+,21-6-/t19-,24+/m1/s1. The number of hydrogen-bond acceptors (Lipinski definition) is 9. The number of rotatable bonds is 7. The second kappa shape index (κ2) is 16.1. The van der Waals surface area contributed by atoms with Gasteiger partial charge in [0.1, 0.15) is 23.5 Å². The second-order valence-electron chi connectivity index (χ2n) is 8.98. The van der Waals surface area contributed by atoms with Gasteiger partial charge in [-0.25, -0.2) is 9.78 Å². The van der Waals surface area contributed by atoms with E-state index in [0.29, 0.717) is 17.9 Å². The van der Waals surface area contributed by atoms with E-state index in [9.17, 15) is 24.0 Å². The molecular weight excluding hydrogens is 540 g/mol. The van der Waals surface area contributed by atoms with Crippen molar-refractivity contribution in [1.82, 2.24) is 20.9 Å². The van der Waals surface area contributed by atoms with Crippen molar-refractivity contribution in [3.8, 4) is 0 Å². The van der Waals surface area contributed by atoms with E-state index in [1.54, 1.807) is 45.1 Å². The van der Waals surface area contributed by atoms with Gasteiger partial charge in [-0.05, 0) is 43.2 Å². The van der Waals surface area contributed by atoms with Crippen LogP contribution in [0.3, 0.4) is 0 Å². The van der Waals surface area contributed by atoms with Crippen molar-refractivity contribution in [1.29, 1.82) is 0 Å². The molecule has 1 aromatic rings. The van der Waals surface area contributed by atoms with E-state index >= 15 is 0 Å². The van der Waals surface area contributed by atoms with Crippen molar-refractivity contribution < 1.29 is 28.7 Å². The van der Waals surface area contributed by atoms with Crippen LogP contribution in [0.4, 0.5) is 0 Å². The van der Waals surface area contributed by atoms with Crippen LogP contribution in [0.5, 0.6) is 0 Å². The van der Waals surface area contributed by atoms with Gasteiger partial charge in [-0.3, -0.25) is 19.2 Å². The van der Waals surface area contributed by atoms with Gasteiger partial charge in [0.25, 0.3) is 11.8 Å². The first kappa shape index (κ1) is 32.1. The Kier molecular flexibility index (Phi) is 13.2. The summed E-state index contributed by atoms with van der Waals surface area (Å²) in [4.78, 5) is 68.3. The van der Waals surface area contributed by atoms with Crippen LogP contribution in [0.2, 0.25) is 0 Å². The van der Waals surface area contributed by atoms with Crippen LogP contribution < -0.4 is 16.0 Å². The minimum absolute atomic E-state index is 0.00397. The third kappa shape index (κ3) is 10.9. The number of nitrogens with zero attached hydrogens (tertiary/aromatic N) is 1. The van der Waals surface area contributed by atoms with Crippen molar-refractivity contribution in [3.05, 3.63) is 47.4 Å². The topological polar surface area (TPSA) is 144 Å². The molecule has 3 amide bonds. The van der Waals surface area contributed by atoms with Gasteiger partial charge < -0.3 is 20.7 Å². The molecule has 212 valence electrons. The van der Waals surface area contributed by atoms with Crippen LogP contribution >= 0.6 is 23.5 Å². The number of hydrogen-bond donors (Lipinski definition) is 3. The fraction of sp³-hybridized carbons (Fsp3) is 0.481. The van der Waals surface area contributed by atoms with Crippen LogP contribution in [0.1, 0.15) is 63.6 Å². The molecule has 1 aromatic heterocycles. The normalized spacial score (nSPS) is 20.5. The molecule has 1 aliphatic heterocycles. The Morgan fingerprint density at radius 2 is 1.95 bits per heavy atom. The number of carbonyl (C=O) groups is 5. The molecule has 39 heavy (non-hydrogen) atoms. The molecule has 10 nitrogen and oxygen atoms in total. The molecule has 0 unspecified atom stereocenters. The van der Waals surface area contributed by atoms with Crippen molar-refractivity contribution >= 4 is 52.3 Å². The Morgan fingerprint density at radius 3 is 2.59 bits per heavy atom. The van der Waals surface area contributed by atoms with Crippen molar-refractivity contribution in [2.45, 2.75) is 71.0 Å². The Hall–Kier alpha value is -3.12. The molecule has 12 heteroatoms. The molecule has 0 radical (unpaired) electrons. The summed E-state index contributed by atoms with van der Waals surface area (Å²) < 4.78 is 5.66. The lowest BCUT2D eigenvalue weighted by molar-refractivity contribution is -0.153. The average Bonchev–Trinajstić information content (AvgIpc) is 2.87. The highest BCUT2D eigenvalue weighted by Crippen LogP contribution is 2.20. The van der Waals surface area contributed by atoms with E-state index in [-0.39, 0.29) is 41.3 Å². The zero-order valence-electron chi connectivity index (χ0n) is 22.9. The monoisotopic (exact) mass is 576 g/mol. The van der Waals surface area contributed by atoms with Crippen LogP contribution in [0.15, 0.2) is 41.0 Å². The average molecular weight is 577 g/mol. The third-order valence-corrected chi connectivity index (χ3v) is 7.15. The number of carbonyl (C=O) groups excluding carboxylic acids is 5. The molecule has 2 bridgehead atoms. The maximum absolute atomic E-state index is 13.1. The zero-order valence-corrected chi connectivity index (χ0v) is 24.5. The van der Waals surface area contributed by atoms with Gasteiger partial charge in [-0.15, -0.1) is 11.8 Å². The first-order valence-corrected chi connectivity index (χ1v) is 14.7. The Balaban J connectivity index is 2.41. The highest BCUT2D eigenvalue weighted by atomic mass is 32.2. The van der Waals surface area contributed by atoms with Crippen molar-refractivity contribution in [2.75, 3.05) is 11.5 Å². The summed E-state index contributed by atoms with van der Waals surface area (Å²) >= 11 is 2.70. The highest BCUT2D eigenvalue weighted by Gasteiger charge is 2.30. The summed E-state index contributed by atoms with van der Waals surface area (Å²) in [6.45, 7) is 8.62. The number of pyridine rings is 1. The number of amides is 3.